The molecule has 6 nitrogen and oxygen atoms in total. The number of carbonyl (C=O) groups excluding carboxylic acids is 1. The Morgan fingerprint density at radius 2 is 2.10 bits per heavy atom. The molecule has 1 aliphatic rings. The summed E-state index contributed by atoms with van der Waals surface area (Å²) in [5, 5.41) is 13.7. The summed E-state index contributed by atoms with van der Waals surface area (Å²) in [7, 11) is 0. The van der Waals surface area contributed by atoms with E-state index in [1.54, 1.807) is 12.1 Å². The fourth-order valence-corrected chi connectivity index (χ4v) is 2.74. The van der Waals surface area contributed by atoms with E-state index in [4.69, 9.17) is 5.73 Å². The first kappa shape index (κ1) is 14.5. The first-order valence-electron chi connectivity index (χ1n) is 6.79. The van der Waals surface area contributed by atoms with Gasteiger partial charge < -0.3 is 11.1 Å². The van der Waals surface area contributed by atoms with Crippen LogP contribution in [0.25, 0.3) is 0 Å². The summed E-state index contributed by atoms with van der Waals surface area (Å²) >= 11 is 0. The summed E-state index contributed by atoms with van der Waals surface area (Å²) in [5.41, 5.74) is 6.14. The third-order valence-electron chi connectivity index (χ3n) is 3.84. The zero-order chi connectivity index (χ0) is 14.6. The van der Waals surface area contributed by atoms with E-state index in [1.165, 1.54) is 12.1 Å². The molecular weight excluding hydrogens is 258 g/mol. The summed E-state index contributed by atoms with van der Waals surface area (Å²) < 4.78 is 0. The molecule has 1 fully saturated rings. The zero-order valence-corrected chi connectivity index (χ0v) is 11.3. The van der Waals surface area contributed by atoms with Crippen LogP contribution in [0.4, 0.5) is 5.69 Å². The van der Waals surface area contributed by atoms with Gasteiger partial charge in [0.1, 0.15) is 0 Å². The number of nitrogens with two attached hydrogens (primary N) is 1. The molecule has 0 aliphatic heterocycles. The van der Waals surface area contributed by atoms with E-state index >= 15 is 0 Å². The topological polar surface area (TPSA) is 98.3 Å². The molecule has 1 amide bonds. The van der Waals surface area contributed by atoms with Gasteiger partial charge in [0.15, 0.2) is 0 Å². The monoisotopic (exact) mass is 277 g/mol. The van der Waals surface area contributed by atoms with Crippen molar-refractivity contribution < 1.29 is 9.72 Å². The Kier molecular flexibility index (Phi) is 4.34. The quantitative estimate of drug-likeness (QED) is 0.629. The Labute approximate surface area is 117 Å². The molecule has 0 atom stereocenters. The molecule has 0 radical (unpaired) electrons. The molecule has 6 heteroatoms. The Morgan fingerprint density at radius 1 is 1.40 bits per heavy atom. The van der Waals surface area contributed by atoms with Gasteiger partial charge >= 0.3 is 0 Å². The van der Waals surface area contributed by atoms with Crippen molar-refractivity contribution >= 4 is 11.6 Å². The van der Waals surface area contributed by atoms with Crippen LogP contribution in [0.1, 0.15) is 31.2 Å². The van der Waals surface area contributed by atoms with E-state index in [-0.39, 0.29) is 23.6 Å². The molecular formula is C14H19N3O3. The number of non-ortho nitro benzene ring substituents is 1. The van der Waals surface area contributed by atoms with E-state index in [2.05, 4.69) is 5.32 Å². The normalized spacial score (nSPS) is 16.9. The van der Waals surface area contributed by atoms with Gasteiger partial charge in [-0.25, -0.2) is 0 Å². The molecule has 2 rings (SSSR count). The third-order valence-corrected chi connectivity index (χ3v) is 3.84. The molecule has 3 N–H and O–H groups in total. The van der Waals surface area contributed by atoms with Gasteiger partial charge in [0.05, 0.1) is 16.9 Å². The fraction of sp³-hybridized carbons (Fsp3) is 0.500. The summed E-state index contributed by atoms with van der Waals surface area (Å²) in [6, 6.07) is 6.16. The highest BCUT2D eigenvalue weighted by Gasteiger charge is 2.33. The molecule has 0 unspecified atom stereocenters. The molecule has 108 valence electrons. The molecule has 0 heterocycles. The predicted octanol–water partition coefficient (Wildman–Crippen LogP) is 1.53. The molecule has 0 aromatic heterocycles. The predicted molar refractivity (Wildman–Crippen MR) is 75.2 cm³/mol. The van der Waals surface area contributed by atoms with Crippen molar-refractivity contribution in [2.75, 3.05) is 6.54 Å². The van der Waals surface area contributed by atoms with Crippen molar-refractivity contribution in [3.05, 3.63) is 39.9 Å². The molecule has 1 aromatic carbocycles. The number of benzene rings is 1. The van der Waals surface area contributed by atoms with Gasteiger partial charge in [-0.3, -0.25) is 14.9 Å². The van der Waals surface area contributed by atoms with Crippen LogP contribution in [0.5, 0.6) is 0 Å². The lowest BCUT2D eigenvalue weighted by molar-refractivity contribution is -0.384. The maximum absolute atomic E-state index is 12.1. The number of amides is 1. The van der Waals surface area contributed by atoms with Crippen LogP contribution < -0.4 is 11.1 Å². The first-order chi connectivity index (χ1) is 9.54. The van der Waals surface area contributed by atoms with E-state index in [0.717, 1.165) is 25.7 Å². The second-order valence-corrected chi connectivity index (χ2v) is 5.34. The number of nitrogens with zero attached hydrogens (tertiary/aromatic N) is 1. The molecule has 0 saturated heterocycles. The molecule has 1 aromatic rings. The van der Waals surface area contributed by atoms with Crippen molar-refractivity contribution in [2.24, 2.45) is 5.73 Å². The van der Waals surface area contributed by atoms with Crippen molar-refractivity contribution in [3.63, 3.8) is 0 Å². The highest BCUT2D eigenvalue weighted by Crippen LogP contribution is 2.28. The van der Waals surface area contributed by atoms with Crippen molar-refractivity contribution in [3.8, 4) is 0 Å². The van der Waals surface area contributed by atoms with E-state index in [0.29, 0.717) is 12.1 Å². The maximum atomic E-state index is 12.1. The van der Waals surface area contributed by atoms with Gasteiger partial charge in [-0.05, 0) is 18.4 Å². The molecule has 1 aliphatic carbocycles. The SMILES string of the molecule is NCC1(NC(=O)Cc2cccc([N+](=O)[O-])c2)CCCC1. The average Bonchev–Trinajstić information content (AvgIpc) is 2.88. The van der Waals surface area contributed by atoms with Crippen molar-refractivity contribution in [1.29, 1.82) is 0 Å². The highest BCUT2D eigenvalue weighted by molar-refractivity contribution is 5.79. The van der Waals surface area contributed by atoms with E-state index in [9.17, 15) is 14.9 Å². The number of rotatable bonds is 5. The second-order valence-electron chi connectivity index (χ2n) is 5.34. The van der Waals surface area contributed by atoms with E-state index in [1.807, 2.05) is 0 Å². The number of nitrogens with one attached hydrogen (secondary N) is 1. The Morgan fingerprint density at radius 3 is 2.70 bits per heavy atom. The highest BCUT2D eigenvalue weighted by atomic mass is 16.6. The van der Waals surface area contributed by atoms with E-state index < -0.39 is 4.92 Å². The van der Waals surface area contributed by atoms with Crippen LogP contribution in [0.3, 0.4) is 0 Å². The average molecular weight is 277 g/mol. The van der Waals surface area contributed by atoms with Crippen molar-refractivity contribution in [1.82, 2.24) is 5.32 Å². The van der Waals surface area contributed by atoms with Crippen molar-refractivity contribution in [2.45, 2.75) is 37.6 Å². The zero-order valence-electron chi connectivity index (χ0n) is 11.3. The number of hydrogen-bond acceptors (Lipinski definition) is 4. The minimum atomic E-state index is -0.459. The summed E-state index contributed by atoms with van der Waals surface area (Å²) in [5.74, 6) is -0.127. The molecule has 0 spiro atoms. The third kappa shape index (κ3) is 3.33. The van der Waals surface area contributed by atoms with Crippen LogP contribution in [-0.2, 0) is 11.2 Å². The lowest BCUT2D eigenvalue weighted by Gasteiger charge is -2.28. The second kappa shape index (κ2) is 6.00. The Hall–Kier alpha value is -1.95. The first-order valence-corrected chi connectivity index (χ1v) is 6.79. The fourth-order valence-electron chi connectivity index (χ4n) is 2.74. The van der Waals surface area contributed by atoms with Gasteiger partial charge in [-0.15, -0.1) is 0 Å². The van der Waals surface area contributed by atoms with Gasteiger partial charge in [-0.1, -0.05) is 25.0 Å². The van der Waals surface area contributed by atoms with Gasteiger partial charge in [0.2, 0.25) is 5.91 Å². The van der Waals surface area contributed by atoms with Crippen LogP contribution in [0.2, 0.25) is 0 Å². The lowest BCUT2D eigenvalue weighted by Crippen LogP contribution is -2.52. The number of hydrogen-bond donors (Lipinski definition) is 2. The minimum Gasteiger partial charge on any atom is -0.349 e. The lowest BCUT2D eigenvalue weighted by atomic mass is 9.97. The largest absolute Gasteiger partial charge is 0.349 e. The summed E-state index contributed by atoms with van der Waals surface area (Å²) in [6.07, 6.45) is 4.11. The summed E-state index contributed by atoms with van der Waals surface area (Å²) in [4.78, 5) is 22.3. The minimum absolute atomic E-state index is 0.00436. The molecule has 0 bridgehead atoms. The van der Waals surface area contributed by atoms with Crippen LogP contribution in [0, 0.1) is 10.1 Å². The Bertz CT molecular complexity index is 510. The number of nitro groups is 1. The molecule has 20 heavy (non-hydrogen) atoms. The van der Waals surface area contributed by atoms with Gasteiger partial charge in [0, 0.05) is 18.7 Å². The van der Waals surface area contributed by atoms with Gasteiger partial charge in [-0.2, -0.15) is 0 Å². The number of carbonyl (C=O) groups is 1. The number of nitro benzene ring substituents is 1. The van der Waals surface area contributed by atoms with Gasteiger partial charge in [0.25, 0.3) is 5.69 Å². The maximum Gasteiger partial charge on any atom is 0.269 e. The Balaban J connectivity index is 2.01. The van der Waals surface area contributed by atoms with Crippen LogP contribution in [0.15, 0.2) is 24.3 Å². The van der Waals surface area contributed by atoms with Crippen LogP contribution in [-0.4, -0.2) is 22.9 Å². The summed E-state index contributed by atoms with van der Waals surface area (Å²) in [6.45, 7) is 0.438. The molecule has 1 saturated carbocycles. The smallest absolute Gasteiger partial charge is 0.269 e. The van der Waals surface area contributed by atoms with Crippen LogP contribution >= 0.6 is 0 Å². The standard InChI is InChI=1S/C14H19N3O3/c15-10-14(6-1-2-7-14)16-13(18)9-11-4-3-5-12(8-11)17(19)20/h3-5,8H,1-2,6-7,9-10,15H2,(H,16,18).